The highest BCUT2D eigenvalue weighted by Crippen LogP contribution is 2.23. The number of nitrogens with zero attached hydrogens (tertiary/aromatic N) is 3. The summed E-state index contributed by atoms with van der Waals surface area (Å²) in [6.45, 7) is 5.63. The number of rotatable bonds is 6. The Bertz CT molecular complexity index is 1180. The van der Waals surface area contributed by atoms with Crippen molar-refractivity contribution in [2.75, 3.05) is 5.32 Å². The van der Waals surface area contributed by atoms with E-state index >= 15 is 0 Å². The summed E-state index contributed by atoms with van der Waals surface area (Å²) in [7, 11) is 0. The Morgan fingerprint density at radius 3 is 2.53 bits per heavy atom. The molecule has 1 N–H and O–H groups in total. The van der Waals surface area contributed by atoms with Gasteiger partial charge in [-0.25, -0.2) is 14.4 Å². The van der Waals surface area contributed by atoms with Gasteiger partial charge in [0.15, 0.2) is 0 Å². The summed E-state index contributed by atoms with van der Waals surface area (Å²) in [5.41, 5.74) is 3.59. The Kier molecular flexibility index (Phi) is 5.43. The fourth-order valence-electron chi connectivity index (χ4n) is 2.93. The van der Waals surface area contributed by atoms with Crippen LogP contribution >= 0.6 is 0 Å². The van der Waals surface area contributed by atoms with Gasteiger partial charge < -0.3 is 14.5 Å². The minimum absolute atomic E-state index is 0.216. The minimum Gasteiger partial charge on any atom is -0.471 e. The summed E-state index contributed by atoms with van der Waals surface area (Å²) < 4.78 is 25.1. The molecule has 2 aromatic carbocycles. The number of aryl methyl sites for hydroxylation is 3. The molecule has 4 rings (SSSR count). The molecule has 0 saturated heterocycles. The van der Waals surface area contributed by atoms with Gasteiger partial charge in [0.05, 0.1) is 0 Å². The van der Waals surface area contributed by atoms with Gasteiger partial charge in [-0.1, -0.05) is 18.2 Å². The van der Waals surface area contributed by atoms with E-state index in [-0.39, 0.29) is 12.4 Å². The lowest BCUT2D eigenvalue weighted by Crippen LogP contribution is -2.04. The molecule has 0 aliphatic rings. The zero-order valence-corrected chi connectivity index (χ0v) is 16.9. The summed E-state index contributed by atoms with van der Waals surface area (Å²) in [5, 5.41) is 3.09. The molecular weight excluding hydrogens is 383 g/mol. The lowest BCUT2D eigenvalue weighted by Gasteiger charge is -2.09. The summed E-state index contributed by atoms with van der Waals surface area (Å²) in [5.74, 6) is 1.78. The van der Waals surface area contributed by atoms with Gasteiger partial charge in [0.25, 0.3) is 0 Å². The van der Waals surface area contributed by atoms with Crippen LogP contribution in [-0.2, 0) is 6.61 Å². The van der Waals surface area contributed by atoms with Crippen LogP contribution in [0.5, 0.6) is 5.88 Å². The zero-order valence-electron chi connectivity index (χ0n) is 16.9. The van der Waals surface area contributed by atoms with Crippen molar-refractivity contribution in [2.24, 2.45) is 0 Å². The first-order valence-corrected chi connectivity index (χ1v) is 9.51. The van der Waals surface area contributed by atoms with Gasteiger partial charge in [0.1, 0.15) is 23.9 Å². The quantitative estimate of drug-likeness (QED) is 0.456. The van der Waals surface area contributed by atoms with Crippen molar-refractivity contribution in [3.8, 4) is 17.3 Å². The third-order valence-corrected chi connectivity index (χ3v) is 4.51. The minimum atomic E-state index is -0.257. The molecule has 152 valence electrons. The smallest absolute Gasteiger partial charge is 0.230 e. The van der Waals surface area contributed by atoms with Gasteiger partial charge in [-0.05, 0) is 56.7 Å². The molecule has 2 heterocycles. The molecule has 0 amide bonds. The van der Waals surface area contributed by atoms with E-state index in [4.69, 9.17) is 9.15 Å². The maximum Gasteiger partial charge on any atom is 0.230 e. The van der Waals surface area contributed by atoms with Gasteiger partial charge in [-0.3, -0.25) is 0 Å². The molecule has 6 nitrogen and oxygen atoms in total. The summed E-state index contributed by atoms with van der Waals surface area (Å²) in [6, 6.07) is 16.2. The molecule has 4 aromatic rings. The molecule has 0 unspecified atom stereocenters. The fourth-order valence-corrected chi connectivity index (χ4v) is 2.93. The second kappa shape index (κ2) is 8.32. The van der Waals surface area contributed by atoms with E-state index in [1.54, 1.807) is 25.1 Å². The number of oxazole rings is 1. The predicted octanol–water partition coefficient (Wildman–Crippen LogP) is 5.52. The van der Waals surface area contributed by atoms with E-state index in [1.165, 1.54) is 6.07 Å². The van der Waals surface area contributed by atoms with E-state index in [9.17, 15) is 4.39 Å². The third kappa shape index (κ3) is 4.46. The monoisotopic (exact) mass is 404 g/mol. The topological polar surface area (TPSA) is 73.1 Å². The number of hydrogen-bond donors (Lipinski definition) is 1. The SMILES string of the molecule is Cc1cc(OCc2nc(-c3ccccc3)oc2C)nc(Nc2ccc(F)c(C)c2)n1. The lowest BCUT2D eigenvalue weighted by atomic mass is 10.2. The Balaban J connectivity index is 1.49. The van der Waals surface area contributed by atoms with Crippen LogP contribution in [0.15, 0.2) is 59.0 Å². The van der Waals surface area contributed by atoms with Gasteiger partial charge in [-0.2, -0.15) is 4.98 Å². The highest BCUT2D eigenvalue weighted by Gasteiger charge is 2.13. The number of ether oxygens (including phenoxy) is 1. The first-order valence-electron chi connectivity index (χ1n) is 9.51. The number of benzene rings is 2. The predicted molar refractivity (Wildman–Crippen MR) is 112 cm³/mol. The second-order valence-electron chi connectivity index (χ2n) is 6.94. The third-order valence-electron chi connectivity index (χ3n) is 4.51. The number of anilines is 2. The van der Waals surface area contributed by atoms with Crippen molar-refractivity contribution < 1.29 is 13.5 Å². The van der Waals surface area contributed by atoms with Crippen LogP contribution in [0.4, 0.5) is 16.0 Å². The molecule has 30 heavy (non-hydrogen) atoms. The van der Waals surface area contributed by atoms with Crippen molar-refractivity contribution in [1.82, 2.24) is 15.0 Å². The molecule has 0 saturated carbocycles. The van der Waals surface area contributed by atoms with Gasteiger partial charge in [0, 0.05) is 23.0 Å². The largest absolute Gasteiger partial charge is 0.471 e. The zero-order chi connectivity index (χ0) is 21.1. The van der Waals surface area contributed by atoms with Crippen LogP contribution in [0.25, 0.3) is 11.5 Å². The van der Waals surface area contributed by atoms with Gasteiger partial charge in [-0.15, -0.1) is 0 Å². The Morgan fingerprint density at radius 1 is 0.967 bits per heavy atom. The van der Waals surface area contributed by atoms with Crippen molar-refractivity contribution in [3.05, 3.63) is 83.1 Å². The normalized spacial score (nSPS) is 10.8. The maximum atomic E-state index is 13.5. The van der Waals surface area contributed by atoms with Gasteiger partial charge in [0.2, 0.25) is 17.7 Å². The van der Waals surface area contributed by atoms with Crippen molar-refractivity contribution in [1.29, 1.82) is 0 Å². The molecular formula is C23H21FN4O2. The van der Waals surface area contributed by atoms with Gasteiger partial charge >= 0.3 is 0 Å². The first-order chi connectivity index (χ1) is 14.5. The highest BCUT2D eigenvalue weighted by atomic mass is 19.1. The summed E-state index contributed by atoms with van der Waals surface area (Å²) in [6.07, 6.45) is 0. The van der Waals surface area contributed by atoms with Crippen molar-refractivity contribution in [2.45, 2.75) is 27.4 Å². The molecule has 0 spiro atoms. The molecule has 0 aliphatic heterocycles. The number of aromatic nitrogens is 3. The molecule has 0 bridgehead atoms. The van der Waals surface area contributed by atoms with E-state index in [0.29, 0.717) is 40.4 Å². The van der Waals surface area contributed by atoms with Crippen LogP contribution in [0, 0.1) is 26.6 Å². The Hall–Kier alpha value is -3.74. The van der Waals surface area contributed by atoms with Crippen molar-refractivity contribution in [3.63, 3.8) is 0 Å². The number of halogens is 1. The Labute approximate surface area is 173 Å². The van der Waals surface area contributed by atoms with E-state index < -0.39 is 0 Å². The molecule has 0 atom stereocenters. The average molecular weight is 404 g/mol. The molecule has 0 radical (unpaired) electrons. The van der Waals surface area contributed by atoms with E-state index in [2.05, 4.69) is 20.3 Å². The van der Waals surface area contributed by atoms with E-state index in [0.717, 1.165) is 11.3 Å². The fraction of sp³-hybridized carbons (Fsp3) is 0.174. The summed E-state index contributed by atoms with van der Waals surface area (Å²) >= 11 is 0. The molecule has 0 fully saturated rings. The lowest BCUT2D eigenvalue weighted by molar-refractivity contribution is 0.287. The van der Waals surface area contributed by atoms with E-state index in [1.807, 2.05) is 44.2 Å². The Morgan fingerprint density at radius 2 is 1.77 bits per heavy atom. The maximum absolute atomic E-state index is 13.5. The van der Waals surface area contributed by atoms with Crippen LogP contribution in [-0.4, -0.2) is 15.0 Å². The average Bonchev–Trinajstić information content (AvgIpc) is 3.10. The number of nitrogens with one attached hydrogen (secondary N) is 1. The first kappa shape index (κ1) is 19.6. The number of hydrogen-bond acceptors (Lipinski definition) is 6. The molecule has 2 aromatic heterocycles. The molecule has 0 aliphatic carbocycles. The van der Waals surface area contributed by atoms with Crippen molar-refractivity contribution >= 4 is 11.6 Å². The second-order valence-corrected chi connectivity index (χ2v) is 6.94. The standard InChI is InChI=1S/C23H21FN4O2/c1-14-11-18(9-10-19(14)24)26-23-25-15(2)12-21(28-23)29-13-20-16(3)30-22(27-20)17-7-5-4-6-8-17/h4-12H,13H2,1-3H3,(H,25,26,28). The van der Waals surface area contributed by atoms with Crippen LogP contribution in [0.1, 0.15) is 22.7 Å². The van der Waals surface area contributed by atoms with Crippen LogP contribution < -0.4 is 10.1 Å². The highest BCUT2D eigenvalue weighted by molar-refractivity contribution is 5.55. The van der Waals surface area contributed by atoms with Crippen LogP contribution in [0.3, 0.4) is 0 Å². The molecule has 7 heteroatoms. The summed E-state index contributed by atoms with van der Waals surface area (Å²) in [4.78, 5) is 13.3. The van der Waals surface area contributed by atoms with Crippen LogP contribution in [0.2, 0.25) is 0 Å².